The van der Waals surface area contributed by atoms with Crippen LogP contribution in [-0.4, -0.2) is 64.3 Å². The summed E-state index contributed by atoms with van der Waals surface area (Å²) in [7, 11) is -2.59. The highest BCUT2D eigenvalue weighted by Gasteiger charge is 2.56. The van der Waals surface area contributed by atoms with Crippen LogP contribution in [0.3, 0.4) is 0 Å². The van der Waals surface area contributed by atoms with Crippen molar-refractivity contribution in [1.29, 1.82) is 0 Å². The third-order valence-corrected chi connectivity index (χ3v) is 12.0. The molecule has 2 aromatic rings. The van der Waals surface area contributed by atoms with E-state index in [0.717, 1.165) is 32.8 Å². The van der Waals surface area contributed by atoms with Gasteiger partial charge in [-0.05, 0) is 22.3 Å². The van der Waals surface area contributed by atoms with Gasteiger partial charge in [-0.25, -0.2) is 0 Å². The smallest absolute Gasteiger partial charge is 0.261 e. The molecule has 0 amide bonds. The quantitative estimate of drug-likeness (QED) is 0.748. The van der Waals surface area contributed by atoms with E-state index in [2.05, 4.69) is 98.6 Å². The van der Waals surface area contributed by atoms with Gasteiger partial charge in [0.25, 0.3) is 8.32 Å². The number of hydrogen-bond donors (Lipinski definition) is 1. The van der Waals surface area contributed by atoms with E-state index in [9.17, 15) is 0 Å². The van der Waals surface area contributed by atoms with Crippen LogP contribution in [-0.2, 0) is 9.16 Å². The SMILES string of the molecule is CC(C)(C)[Si](O[C@@H]1COC[C@]1(C)N1CCNCC1)(c1ccccc1)c1ccccc1. The summed E-state index contributed by atoms with van der Waals surface area (Å²) in [6.07, 6.45) is 0.0434. The molecular weight excluding hydrogens is 388 g/mol. The summed E-state index contributed by atoms with van der Waals surface area (Å²) in [6, 6.07) is 21.9. The molecule has 0 spiro atoms. The van der Waals surface area contributed by atoms with Crippen LogP contribution in [0.15, 0.2) is 60.7 Å². The summed E-state index contributed by atoms with van der Waals surface area (Å²) < 4.78 is 13.5. The monoisotopic (exact) mass is 424 g/mol. The zero-order chi connectivity index (χ0) is 21.2. The van der Waals surface area contributed by atoms with Gasteiger partial charge in [0.1, 0.15) is 0 Å². The lowest BCUT2D eigenvalue weighted by molar-refractivity contribution is 0.0126. The van der Waals surface area contributed by atoms with Crippen LogP contribution < -0.4 is 15.7 Å². The fourth-order valence-corrected chi connectivity index (χ4v) is 9.94. The van der Waals surface area contributed by atoms with Crippen LogP contribution in [0.25, 0.3) is 0 Å². The van der Waals surface area contributed by atoms with Crippen LogP contribution in [0.2, 0.25) is 5.04 Å². The summed E-state index contributed by atoms with van der Waals surface area (Å²) in [5, 5.41) is 6.12. The molecule has 0 bridgehead atoms. The van der Waals surface area contributed by atoms with Crippen molar-refractivity contribution < 1.29 is 9.16 Å². The first-order valence-electron chi connectivity index (χ1n) is 11.2. The number of piperazine rings is 1. The Kier molecular flexibility index (Phi) is 6.20. The summed E-state index contributed by atoms with van der Waals surface area (Å²) in [5.41, 5.74) is -0.102. The molecule has 4 nitrogen and oxygen atoms in total. The van der Waals surface area contributed by atoms with Gasteiger partial charge in [0.2, 0.25) is 0 Å². The van der Waals surface area contributed by atoms with Crippen LogP contribution >= 0.6 is 0 Å². The average molecular weight is 425 g/mol. The summed E-state index contributed by atoms with van der Waals surface area (Å²) in [6.45, 7) is 14.9. The molecule has 0 aromatic heterocycles. The zero-order valence-electron chi connectivity index (χ0n) is 18.9. The molecule has 0 radical (unpaired) electrons. The largest absolute Gasteiger partial charge is 0.400 e. The molecule has 2 fully saturated rings. The van der Waals surface area contributed by atoms with Gasteiger partial charge in [0.05, 0.1) is 24.9 Å². The first kappa shape index (κ1) is 21.7. The Labute approximate surface area is 182 Å². The number of hydrogen-bond acceptors (Lipinski definition) is 4. The first-order chi connectivity index (χ1) is 14.4. The Morgan fingerprint density at radius 2 is 1.50 bits per heavy atom. The lowest BCUT2D eigenvalue weighted by atomic mass is 9.95. The van der Waals surface area contributed by atoms with Gasteiger partial charge in [-0.3, -0.25) is 4.90 Å². The van der Waals surface area contributed by atoms with E-state index in [4.69, 9.17) is 9.16 Å². The van der Waals surface area contributed by atoms with Crippen LogP contribution in [0.1, 0.15) is 27.7 Å². The van der Waals surface area contributed by atoms with E-state index in [1.54, 1.807) is 0 Å². The molecule has 0 saturated carbocycles. The van der Waals surface area contributed by atoms with Crippen LogP contribution in [0, 0.1) is 0 Å². The molecule has 30 heavy (non-hydrogen) atoms. The van der Waals surface area contributed by atoms with Crippen molar-refractivity contribution in [1.82, 2.24) is 10.2 Å². The van der Waals surface area contributed by atoms with Crippen molar-refractivity contribution in [3.8, 4) is 0 Å². The van der Waals surface area contributed by atoms with Gasteiger partial charge in [0.15, 0.2) is 0 Å². The summed E-state index contributed by atoms with van der Waals surface area (Å²) in [4.78, 5) is 2.58. The number of rotatable bonds is 5. The number of nitrogens with one attached hydrogen (secondary N) is 1. The molecule has 2 aromatic carbocycles. The maximum atomic E-state index is 7.46. The van der Waals surface area contributed by atoms with E-state index >= 15 is 0 Å². The fourth-order valence-electron chi connectivity index (χ4n) is 5.18. The minimum Gasteiger partial charge on any atom is -0.400 e. The third-order valence-electron chi connectivity index (χ3n) is 6.93. The minimum atomic E-state index is -2.59. The van der Waals surface area contributed by atoms with Crippen molar-refractivity contribution in [2.45, 2.75) is 44.4 Å². The molecule has 2 aliphatic rings. The second-order valence-electron chi connectivity index (χ2n) is 9.88. The predicted octanol–water partition coefficient (Wildman–Crippen LogP) is 2.63. The van der Waals surface area contributed by atoms with Crippen LogP contribution in [0.4, 0.5) is 0 Å². The van der Waals surface area contributed by atoms with E-state index in [1.165, 1.54) is 10.4 Å². The Morgan fingerprint density at radius 1 is 0.967 bits per heavy atom. The molecule has 1 N–H and O–H groups in total. The molecule has 4 rings (SSSR count). The molecule has 2 aliphatic heterocycles. The fraction of sp³-hybridized carbons (Fsp3) is 0.520. The minimum absolute atomic E-state index is 0.0251. The zero-order valence-corrected chi connectivity index (χ0v) is 19.9. The lowest BCUT2D eigenvalue weighted by Crippen LogP contribution is -2.71. The van der Waals surface area contributed by atoms with Gasteiger partial charge in [-0.2, -0.15) is 0 Å². The first-order valence-corrected chi connectivity index (χ1v) is 13.1. The molecule has 2 heterocycles. The highest BCUT2D eigenvalue weighted by atomic mass is 28.4. The van der Waals surface area contributed by atoms with Crippen molar-refractivity contribution in [3.05, 3.63) is 60.7 Å². The van der Waals surface area contributed by atoms with Gasteiger partial charge < -0.3 is 14.5 Å². The highest BCUT2D eigenvalue weighted by Crippen LogP contribution is 2.40. The van der Waals surface area contributed by atoms with Gasteiger partial charge in [-0.1, -0.05) is 81.4 Å². The van der Waals surface area contributed by atoms with Gasteiger partial charge in [0, 0.05) is 26.2 Å². The number of nitrogens with zero attached hydrogens (tertiary/aromatic N) is 1. The maximum Gasteiger partial charge on any atom is 0.261 e. The molecule has 0 unspecified atom stereocenters. The molecule has 2 saturated heterocycles. The van der Waals surface area contributed by atoms with E-state index in [-0.39, 0.29) is 16.7 Å². The lowest BCUT2D eigenvalue weighted by Gasteiger charge is -2.49. The van der Waals surface area contributed by atoms with Crippen molar-refractivity contribution in [2.75, 3.05) is 39.4 Å². The van der Waals surface area contributed by atoms with Crippen molar-refractivity contribution in [2.24, 2.45) is 0 Å². The maximum absolute atomic E-state index is 7.46. The molecule has 0 aliphatic carbocycles. The van der Waals surface area contributed by atoms with Gasteiger partial charge >= 0.3 is 0 Å². The van der Waals surface area contributed by atoms with E-state index < -0.39 is 8.32 Å². The Bertz CT molecular complexity index is 779. The normalized spacial score (nSPS) is 26.1. The number of benzene rings is 2. The Morgan fingerprint density at radius 3 is 2.00 bits per heavy atom. The molecule has 162 valence electrons. The number of ether oxygens (including phenoxy) is 1. The molecular formula is C25H36N2O2Si. The Balaban J connectivity index is 1.80. The second kappa shape index (κ2) is 8.56. The van der Waals surface area contributed by atoms with E-state index in [1.807, 2.05) is 0 Å². The van der Waals surface area contributed by atoms with Crippen molar-refractivity contribution in [3.63, 3.8) is 0 Å². The second-order valence-corrected chi connectivity index (χ2v) is 14.1. The van der Waals surface area contributed by atoms with Crippen LogP contribution in [0.5, 0.6) is 0 Å². The molecule has 5 heteroatoms. The third kappa shape index (κ3) is 3.78. The molecule has 2 atom stereocenters. The van der Waals surface area contributed by atoms with Crippen molar-refractivity contribution >= 4 is 18.7 Å². The summed E-state index contributed by atoms with van der Waals surface area (Å²) in [5.74, 6) is 0. The highest BCUT2D eigenvalue weighted by molar-refractivity contribution is 6.99. The van der Waals surface area contributed by atoms with E-state index in [0.29, 0.717) is 6.61 Å². The van der Waals surface area contributed by atoms with Gasteiger partial charge in [-0.15, -0.1) is 0 Å². The standard InChI is InChI=1S/C25H36N2O2Si/c1-24(2,3)30(21-11-7-5-8-12-21,22-13-9-6-10-14-22)29-23-19-28-20-25(23,4)27-17-15-26-16-18-27/h5-14,23,26H,15-20H2,1-4H3/t23-,25+/m1/s1. The predicted molar refractivity (Wildman–Crippen MR) is 126 cm³/mol. The summed E-state index contributed by atoms with van der Waals surface area (Å²) >= 11 is 0. The average Bonchev–Trinajstić information content (AvgIpc) is 3.14. The Hall–Kier alpha value is -1.50. The topological polar surface area (TPSA) is 33.7 Å².